The van der Waals surface area contributed by atoms with Gasteiger partial charge in [0.25, 0.3) is 0 Å². The molecule has 1 atom stereocenters. The standard InChI is InChI=1S/C16H21N3O/c1-17-15-7-3-6-14-13(15)5-4-8-16(14)20-11-12-9-18-19(2)10-12/h4-5,8-10,15,17H,3,6-7,11H2,1-2H3. The molecule has 1 aliphatic rings. The number of aryl methyl sites for hydroxylation is 1. The van der Waals surface area contributed by atoms with Crippen molar-refractivity contribution in [3.8, 4) is 5.75 Å². The average molecular weight is 271 g/mol. The zero-order valence-electron chi connectivity index (χ0n) is 12.1. The monoisotopic (exact) mass is 271 g/mol. The summed E-state index contributed by atoms with van der Waals surface area (Å²) in [7, 11) is 3.95. The number of hydrogen-bond acceptors (Lipinski definition) is 3. The first-order valence-electron chi connectivity index (χ1n) is 7.17. The summed E-state index contributed by atoms with van der Waals surface area (Å²) in [5.41, 5.74) is 3.86. The van der Waals surface area contributed by atoms with Gasteiger partial charge >= 0.3 is 0 Å². The first kappa shape index (κ1) is 13.2. The van der Waals surface area contributed by atoms with Gasteiger partial charge in [-0.2, -0.15) is 5.10 Å². The van der Waals surface area contributed by atoms with Crippen molar-refractivity contribution < 1.29 is 4.74 Å². The molecule has 4 nitrogen and oxygen atoms in total. The smallest absolute Gasteiger partial charge is 0.123 e. The normalized spacial score (nSPS) is 17.8. The lowest BCUT2D eigenvalue weighted by atomic mass is 9.87. The van der Waals surface area contributed by atoms with E-state index in [0.717, 1.165) is 17.7 Å². The lowest BCUT2D eigenvalue weighted by Crippen LogP contribution is -2.22. The van der Waals surface area contributed by atoms with Gasteiger partial charge in [0.05, 0.1) is 6.20 Å². The fourth-order valence-corrected chi connectivity index (χ4v) is 2.96. The van der Waals surface area contributed by atoms with Gasteiger partial charge in [0.1, 0.15) is 12.4 Å². The fourth-order valence-electron chi connectivity index (χ4n) is 2.96. The summed E-state index contributed by atoms with van der Waals surface area (Å²) >= 11 is 0. The van der Waals surface area contributed by atoms with Crippen LogP contribution in [0.4, 0.5) is 0 Å². The van der Waals surface area contributed by atoms with Gasteiger partial charge in [-0.15, -0.1) is 0 Å². The van der Waals surface area contributed by atoms with E-state index in [4.69, 9.17) is 4.74 Å². The Morgan fingerprint density at radius 1 is 1.45 bits per heavy atom. The number of benzene rings is 1. The number of ether oxygens (including phenoxy) is 1. The van der Waals surface area contributed by atoms with Crippen molar-refractivity contribution in [2.24, 2.45) is 7.05 Å². The van der Waals surface area contributed by atoms with Crippen LogP contribution in [-0.4, -0.2) is 16.8 Å². The molecular formula is C16H21N3O. The summed E-state index contributed by atoms with van der Waals surface area (Å²) in [6.45, 7) is 0.578. The Hall–Kier alpha value is -1.81. The molecule has 0 saturated heterocycles. The van der Waals surface area contributed by atoms with Crippen LogP contribution in [0, 0.1) is 0 Å². The number of aromatic nitrogens is 2. The van der Waals surface area contributed by atoms with Gasteiger partial charge in [0.2, 0.25) is 0 Å². The van der Waals surface area contributed by atoms with Crippen molar-refractivity contribution in [1.29, 1.82) is 0 Å². The molecule has 106 valence electrons. The third-order valence-corrected chi connectivity index (χ3v) is 3.97. The van der Waals surface area contributed by atoms with Crippen LogP contribution in [0.15, 0.2) is 30.6 Å². The van der Waals surface area contributed by atoms with Gasteiger partial charge in [-0.25, -0.2) is 0 Å². The molecule has 1 N–H and O–H groups in total. The summed E-state index contributed by atoms with van der Waals surface area (Å²) in [6.07, 6.45) is 7.37. The van der Waals surface area contributed by atoms with Gasteiger partial charge < -0.3 is 10.1 Å². The van der Waals surface area contributed by atoms with Crippen LogP contribution in [-0.2, 0) is 20.1 Å². The van der Waals surface area contributed by atoms with Crippen molar-refractivity contribution in [3.63, 3.8) is 0 Å². The second-order valence-corrected chi connectivity index (χ2v) is 5.37. The van der Waals surface area contributed by atoms with Crippen molar-refractivity contribution in [1.82, 2.24) is 15.1 Å². The molecule has 1 heterocycles. The lowest BCUT2D eigenvalue weighted by molar-refractivity contribution is 0.299. The third-order valence-electron chi connectivity index (χ3n) is 3.97. The van der Waals surface area contributed by atoms with Crippen LogP contribution < -0.4 is 10.1 Å². The van der Waals surface area contributed by atoms with Crippen LogP contribution in [0.2, 0.25) is 0 Å². The summed E-state index contributed by atoms with van der Waals surface area (Å²) in [5, 5.41) is 7.56. The molecule has 0 amide bonds. The predicted octanol–water partition coefficient (Wildman–Crippen LogP) is 2.60. The van der Waals surface area contributed by atoms with Crippen molar-refractivity contribution in [2.75, 3.05) is 7.05 Å². The number of rotatable bonds is 4. The molecule has 0 fully saturated rings. The van der Waals surface area contributed by atoms with Crippen molar-refractivity contribution in [2.45, 2.75) is 31.9 Å². The van der Waals surface area contributed by atoms with Gasteiger partial charge in [-0.05, 0) is 43.5 Å². The zero-order valence-corrected chi connectivity index (χ0v) is 12.1. The zero-order chi connectivity index (χ0) is 13.9. The Labute approximate surface area is 119 Å². The molecule has 3 rings (SSSR count). The van der Waals surface area contributed by atoms with Crippen molar-refractivity contribution >= 4 is 0 Å². The van der Waals surface area contributed by atoms with Crippen LogP contribution in [0.25, 0.3) is 0 Å². The minimum absolute atomic E-state index is 0.459. The number of hydrogen-bond donors (Lipinski definition) is 1. The number of nitrogens with one attached hydrogen (secondary N) is 1. The second-order valence-electron chi connectivity index (χ2n) is 5.37. The van der Waals surface area contributed by atoms with Gasteiger partial charge in [-0.3, -0.25) is 4.68 Å². The number of fused-ring (bicyclic) bond motifs is 1. The molecule has 4 heteroatoms. The molecule has 0 bridgehead atoms. The largest absolute Gasteiger partial charge is 0.488 e. The second kappa shape index (κ2) is 5.67. The molecular weight excluding hydrogens is 250 g/mol. The van der Waals surface area contributed by atoms with E-state index in [9.17, 15) is 0 Å². The summed E-state index contributed by atoms with van der Waals surface area (Å²) in [5.74, 6) is 1.02. The van der Waals surface area contributed by atoms with E-state index < -0.39 is 0 Å². The minimum atomic E-state index is 0.459. The fraction of sp³-hybridized carbons (Fsp3) is 0.438. The molecule has 0 spiro atoms. The Morgan fingerprint density at radius 3 is 3.10 bits per heavy atom. The molecule has 1 unspecified atom stereocenters. The molecule has 1 aromatic carbocycles. The lowest BCUT2D eigenvalue weighted by Gasteiger charge is -2.26. The molecule has 1 aromatic heterocycles. The van der Waals surface area contributed by atoms with Crippen LogP contribution in [0.3, 0.4) is 0 Å². The van der Waals surface area contributed by atoms with E-state index >= 15 is 0 Å². The topological polar surface area (TPSA) is 39.1 Å². The molecule has 0 radical (unpaired) electrons. The van der Waals surface area contributed by atoms with Crippen molar-refractivity contribution in [3.05, 3.63) is 47.3 Å². The quantitative estimate of drug-likeness (QED) is 0.929. The highest BCUT2D eigenvalue weighted by Crippen LogP contribution is 2.35. The SMILES string of the molecule is CNC1CCCc2c(OCc3cnn(C)c3)cccc21. The summed E-state index contributed by atoms with van der Waals surface area (Å²) in [6, 6.07) is 6.84. The van der Waals surface area contributed by atoms with Crippen LogP contribution >= 0.6 is 0 Å². The first-order chi connectivity index (χ1) is 9.78. The molecule has 0 aliphatic heterocycles. The molecule has 1 aliphatic carbocycles. The third kappa shape index (κ3) is 2.56. The average Bonchev–Trinajstić information content (AvgIpc) is 2.90. The Balaban J connectivity index is 1.80. The predicted molar refractivity (Wildman–Crippen MR) is 78.7 cm³/mol. The Kier molecular flexibility index (Phi) is 3.74. The maximum absolute atomic E-state index is 6.02. The van der Waals surface area contributed by atoms with E-state index in [1.54, 1.807) is 4.68 Å². The van der Waals surface area contributed by atoms with E-state index in [2.05, 4.69) is 28.6 Å². The summed E-state index contributed by atoms with van der Waals surface area (Å²) < 4.78 is 7.82. The van der Waals surface area contributed by atoms with Gasteiger partial charge in [-0.1, -0.05) is 12.1 Å². The van der Waals surface area contributed by atoms with Crippen LogP contribution in [0.5, 0.6) is 5.75 Å². The molecule has 2 aromatic rings. The highest BCUT2D eigenvalue weighted by molar-refractivity contribution is 5.43. The maximum atomic E-state index is 6.02. The summed E-state index contributed by atoms with van der Waals surface area (Å²) in [4.78, 5) is 0. The Bertz CT molecular complexity index is 591. The van der Waals surface area contributed by atoms with Crippen LogP contribution in [0.1, 0.15) is 35.6 Å². The minimum Gasteiger partial charge on any atom is -0.488 e. The highest BCUT2D eigenvalue weighted by atomic mass is 16.5. The first-order valence-corrected chi connectivity index (χ1v) is 7.17. The molecule has 20 heavy (non-hydrogen) atoms. The van der Waals surface area contributed by atoms with Gasteiger partial charge in [0, 0.05) is 24.8 Å². The van der Waals surface area contributed by atoms with E-state index in [1.165, 1.54) is 24.0 Å². The van der Waals surface area contributed by atoms with E-state index in [1.807, 2.05) is 26.5 Å². The van der Waals surface area contributed by atoms with E-state index in [0.29, 0.717) is 12.6 Å². The molecule has 0 saturated carbocycles. The maximum Gasteiger partial charge on any atom is 0.123 e. The number of nitrogens with zero attached hydrogens (tertiary/aromatic N) is 2. The Morgan fingerprint density at radius 2 is 2.35 bits per heavy atom. The highest BCUT2D eigenvalue weighted by Gasteiger charge is 2.21. The van der Waals surface area contributed by atoms with Gasteiger partial charge in [0.15, 0.2) is 0 Å². The van der Waals surface area contributed by atoms with E-state index in [-0.39, 0.29) is 0 Å².